The molecule has 1 unspecified atom stereocenters. The van der Waals surface area contributed by atoms with Gasteiger partial charge in [-0.1, -0.05) is 30.3 Å². The molecule has 0 aliphatic heterocycles. The molecule has 0 aliphatic carbocycles. The minimum atomic E-state index is 0.0126. The second kappa shape index (κ2) is 7.95. The number of hydrogen-bond donors (Lipinski definition) is 0. The van der Waals surface area contributed by atoms with Crippen LogP contribution in [0.25, 0.3) is 21.3 Å². The Morgan fingerprint density at radius 3 is 2.61 bits per heavy atom. The van der Waals surface area contributed by atoms with Crippen LogP contribution in [0.2, 0.25) is 0 Å². The molecule has 0 amide bonds. The molecule has 28 heavy (non-hydrogen) atoms. The first kappa shape index (κ1) is 19.0. The monoisotopic (exact) mass is 410 g/mol. The van der Waals surface area contributed by atoms with Gasteiger partial charge < -0.3 is 9.64 Å². The molecule has 0 aliphatic rings. The summed E-state index contributed by atoms with van der Waals surface area (Å²) in [5.74, 6) is 1.72. The SMILES string of the molecule is COC(C)c1nc(CN(C)c2nc(C)nc3scc(-c4ccccc4)c23)cs1. The van der Waals surface area contributed by atoms with E-state index in [1.165, 1.54) is 11.1 Å². The van der Waals surface area contributed by atoms with Crippen molar-refractivity contribution in [2.45, 2.75) is 26.5 Å². The minimum absolute atomic E-state index is 0.0126. The third-order valence-corrected chi connectivity index (χ3v) is 6.57. The number of thiophene rings is 1. The van der Waals surface area contributed by atoms with Crippen LogP contribution in [0.5, 0.6) is 0 Å². The molecule has 4 aromatic rings. The number of hydrogen-bond acceptors (Lipinski definition) is 7. The van der Waals surface area contributed by atoms with E-state index >= 15 is 0 Å². The fourth-order valence-electron chi connectivity index (χ4n) is 3.13. The van der Waals surface area contributed by atoms with Gasteiger partial charge in [-0.05, 0) is 19.4 Å². The van der Waals surface area contributed by atoms with Crippen molar-refractivity contribution < 1.29 is 4.74 Å². The lowest BCUT2D eigenvalue weighted by molar-refractivity contribution is 0.119. The summed E-state index contributed by atoms with van der Waals surface area (Å²) in [5.41, 5.74) is 3.38. The van der Waals surface area contributed by atoms with Gasteiger partial charge in [0, 0.05) is 30.5 Å². The first-order valence-corrected chi connectivity index (χ1v) is 10.8. The maximum absolute atomic E-state index is 5.38. The normalized spacial score (nSPS) is 12.4. The van der Waals surface area contributed by atoms with Crippen LogP contribution in [0.1, 0.15) is 29.6 Å². The number of benzene rings is 1. The lowest BCUT2D eigenvalue weighted by Gasteiger charge is -2.19. The van der Waals surface area contributed by atoms with Crippen molar-refractivity contribution in [1.29, 1.82) is 0 Å². The molecular formula is C21H22N4OS2. The highest BCUT2D eigenvalue weighted by Gasteiger charge is 2.18. The molecule has 1 atom stereocenters. The van der Waals surface area contributed by atoms with Crippen LogP contribution < -0.4 is 4.90 Å². The van der Waals surface area contributed by atoms with Gasteiger partial charge in [0.05, 0.1) is 17.6 Å². The van der Waals surface area contributed by atoms with Crippen molar-refractivity contribution in [2.24, 2.45) is 0 Å². The number of anilines is 1. The number of fused-ring (bicyclic) bond motifs is 1. The van der Waals surface area contributed by atoms with E-state index in [0.29, 0.717) is 6.54 Å². The molecule has 0 saturated carbocycles. The number of thiazole rings is 1. The number of rotatable bonds is 6. The Balaban J connectivity index is 1.73. The van der Waals surface area contributed by atoms with Gasteiger partial charge in [-0.3, -0.25) is 0 Å². The van der Waals surface area contributed by atoms with Gasteiger partial charge in [-0.2, -0.15) is 0 Å². The molecule has 1 aromatic carbocycles. The van der Waals surface area contributed by atoms with E-state index in [9.17, 15) is 0 Å². The van der Waals surface area contributed by atoms with E-state index in [-0.39, 0.29) is 6.10 Å². The van der Waals surface area contributed by atoms with E-state index in [1.54, 1.807) is 29.8 Å². The molecule has 4 rings (SSSR count). The summed E-state index contributed by atoms with van der Waals surface area (Å²) in [6.45, 7) is 4.64. The molecule has 5 nitrogen and oxygen atoms in total. The molecule has 7 heteroatoms. The second-order valence-electron chi connectivity index (χ2n) is 6.70. The van der Waals surface area contributed by atoms with E-state index in [0.717, 1.165) is 32.6 Å². The lowest BCUT2D eigenvalue weighted by atomic mass is 10.1. The van der Waals surface area contributed by atoms with Crippen LogP contribution >= 0.6 is 22.7 Å². The van der Waals surface area contributed by atoms with Crippen molar-refractivity contribution in [2.75, 3.05) is 19.1 Å². The van der Waals surface area contributed by atoms with Crippen LogP contribution in [0, 0.1) is 6.92 Å². The fourth-order valence-corrected chi connectivity index (χ4v) is 4.96. The molecule has 0 radical (unpaired) electrons. The maximum Gasteiger partial charge on any atom is 0.141 e. The summed E-state index contributed by atoms with van der Waals surface area (Å²) >= 11 is 3.30. The number of aryl methyl sites for hydroxylation is 1. The summed E-state index contributed by atoms with van der Waals surface area (Å²) < 4.78 is 5.38. The third-order valence-electron chi connectivity index (χ3n) is 4.64. The zero-order valence-corrected chi connectivity index (χ0v) is 18.0. The average molecular weight is 411 g/mol. The van der Waals surface area contributed by atoms with E-state index in [2.05, 4.69) is 52.0 Å². The minimum Gasteiger partial charge on any atom is -0.375 e. The van der Waals surface area contributed by atoms with Crippen molar-refractivity contribution in [3.05, 3.63) is 57.6 Å². The summed E-state index contributed by atoms with van der Waals surface area (Å²) in [6, 6.07) is 10.4. The summed E-state index contributed by atoms with van der Waals surface area (Å²) in [4.78, 5) is 17.3. The average Bonchev–Trinajstić information content (AvgIpc) is 3.34. The third kappa shape index (κ3) is 3.65. The Kier molecular flexibility index (Phi) is 5.39. The predicted octanol–water partition coefficient (Wildman–Crippen LogP) is 5.47. The molecule has 0 bridgehead atoms. The Morgan fingerprint density at radius 1 is 1.07 bits per heavy atom. The van der Waals surface area contributed by atoms with Crippen molar-refractivity contribution in [3.63, 3.8) is 0 Å². The molecule has 144 valence electrons. The summed E-state index contributed by atoms with van der Waals surface area (Å²) in [7, 11) is 3.77. The summed E-state index contributed by atoms with van der Waals surface area (Å²) in [6.07, 6.45) is 0.0126. The molecule has 0 N–H and O–H groups in total. The van der Waals surface area contributed by atoms with Crippen molar-refractivity contribution in [3.8, 4) is 11.1 Å². The van der Waals surface area contributed by atoms with Gasteiger partial charge in [-0.25, -0.2) is 15.0 Å². The Morgan fingerprint density at radius 2 is 1.86 bits per heavy atom. The van der Waals surface area contributed by atoms with Gasteiger partial charge in [0.15, 0.2) is 0 Å². The summed E-state index contributed by atoms with van der Waals surface area (Å²) in [5, 5.41) is 6.37. The van der Waals surface area contributed by atoms with Crippen LogP contribution in [0.4, 0.5) is 5.82 Å². The predicted molar refractivity (Wildman–Crippen MR) is 117 cm³/mol. The molecule has 0 fully saturated rings. The van der Waals surface area contributed by atoms with Crippen molar-refractivity contribution >= 4 is 38.7 Å². The number of nitrogens with zero attached hydrogens (tertiary/aromatic N) is 4. The topological polar surface area (TPSA) is 51.1 Å². The lowest BCUT2D eigenvalue weighted by Crippen LogP contribution is -2.19. The van der Waals surface area contributed by atoms with Crippen LogP contribution in [-0.4, -0.2) is 29.1 Å². The number of ether oxygens (including phenoxy) is 1. The van der Waals surface area contributed by atoms with Crippen molar-refractivity contribution in [1.82, 2.24) is 15.0 Å². The van der Waals surface area contributed by atoms with Gasteiger partial charge in [0.25, 0.3) is 0 Å². The highest BCUT2D eigenvalue weighted by atomic mass is 32.1. The molecule has 3 aromatic heterocycles. The van der Waals surface area contributed by atoms with E-state index in [4.69, 9.17) is 14.7 Å². The zero-order chi connectivity index (χ0) is 19.7. The van der Waals surface area contributed by atoms with Crippen LogP contribution in [-0.2, 0) is 11.3 Å². The Bertz CT molecular complexity index is 1090. The van der Waals surface area contributed by atoms with Gasteiger partial charge >= 0.3 is 0 Å². The van der Waals surface area contributed by atoms with Crippen LogP contribution in [0.15, 0.2) is 41.1 Å². The van der Waals surface area contributed by atoms with Gasteiger partial charge in [0.2, 0.25) is 0 Å². The maximum atomic E-state index is 5.38. The number of methoxy groups -OCH3 is 1. The Hall–Kier alpha value is -2.35. The van der Waals surface area contributed by atoms with Gasteiger partial charge in [0.1, 0.15) is 27.6 Å². The first-order valence-electron chi connectivity index (χ1n) is 9.06. The van der Waals surface area contributed by atoms with E-state index in [1.807, 2.05) is 19.9 Å². The molecule has 0 spiro atoms. The van der Waals surface area contributed by atoms with Crippen LogP contribution in [0.3, 0.4) is 0 Å². The number of aromatic nitrogens is 3. The van der Waals surface area contributed by atoms with E-state index < -0.39 is 0 Å². The smallest absolute Gasteiger partial charge is 0.141 e. The molecule has 3 heterocycles. The standard InChI is InChI=1S/C21H22N4OS2/c1-13(26-4)20-24-16(11-27-20)10-25(3)19-18-17(15-8-6-5-7-9-15)12-28-21(18)23-14(2)22-19/h5-9,11-13H,10H2,1-4H3. The van der Waals surface area contributed by atoms with Gasteiger partial charge in [-0.15, -0.1) is 22.7 Å². The molecule has 0 saturated heterocycles. The highest BCUT2D eigenvalue weighted by molar-refractivity contribution is 7.17. The zero-order valence-electron chi connectivity index (χ0n) is 16.3. The highest BCUT2D eigenvalue weighted by Crippen LogP contribution is 2.38. The fraction of sp³-hybridized carbons (Fsp3) is 0.286. The largest absolute Gasteiger partial charge is 0.375 e. The second-order valence-corrected chi connectivity index (χ2v) is 8.45. The quantitative estimate of drug-likeness (QED) is 0.422. The molecular weight excluding hydrogens is 388 g/mol. The Labute approximate surface area is 172 Å². The first-order chi connectivity index (χ1) is 13.6.